The molecule has 238 valence electrons. The molecule has 51 heavy (non-hydrogen) atoms. The summed E-state index contributed by atoms with van der Waals surface area (Å²) in [5, 5.41) is 7.32. The zero-order chi connectivity index (χ0) is 33.5. The summed E-state index contributed by atoms with van der Waals surface area (Å²) in [7, 11) is 0. The third kappa shape index (κ3) is 4.12. The monoisotopic (exact) mass is 650 g/mol. The van der Waals surface area contributed by atoms with Gasteiger partial charge in [-0.1, -0.05) is 121 Å². The first-order chi connectivity index (χ1) is 25.3. The van der Waals surface area contributed by atoms with E-state index in [4.69, 9.17) is 4.42 Å². The predicted molar refractivity (Wildman–Crippen MR) is 213 cm³/mol. The molecule has 3 heteroatoms. The molecule has 0 radical (unpaired) electrons. The lowest BCUT2D eigenvalue weighted by atomic mass is 10.0. The first kappa shape index (κ1) is 28.0. The van der Waals surface area contributed by atoms with E-state index < -0.39 is 0 Å². The Kier molecular flexibility index (Phi) is 5.96. The van der Waals surface area contributed by atoms with E-state index in [1.807, 2.05) is 12.1 Å². The normalized spacial score (nSPS) is 11.9. The van der Waals surface area contributed by atoms with Crippen LogP contribution in [0.5, 0.6) is 0 Å². The standard InChI is InChI=1S/C48H30N2O/c1-3-12-31(13-4-1)33-24-27-42-40(30-33)47-44(49(42)34-14-5-2-6-15-34)29-28-43-46(47)39-17-7-9-20-41(39)50(43)35-25-22-32(23-26-35)36-18-11-19-38-37-16-8-10-21-45(37)51-48(36)38/h1-30H. The third-order valence-electron chi connectivity index (χ3n) is 10.5. The molecule has 0 unspecified atom stereocenters. The molecule has 0 N–H and O–H groups in total. The molecule has 0 saturated carbocycles. The summed E-state index contributed by atoms with van der Waals surface area (Å²) in [5.74, 6) is 0. The van der Waals surface area contributed by atoms with Gasteiger partial charge in [0.05, 0.1) is 22.1 Å². The SMILES string of the molecule is c1ccc(-c2ccc3c(c2)c2c4c5ccccc5n(-c5ccc(-c6cccc7c6oc6ccccc67)cc5)c4ccc2n3-c2ccccc2)cc1. The van der Waals surface area contributed by atoms with E-state index in [-0.39, 0.29) is 0 Å². The van der Waals surface area contributed by atoms with E-state index in [0.29, 0.717) is 0 Å². The number of nitrogens with zero attached hydrogens (tertiary/aromatic N) is 2. The Balaban J connectivity index is 1.16. The average Bonchev–Trinajstić information content (AvgIpc) is 3.86. The summed E-state index contributed by atoms with van der Waals surface area (Å²) < 4.78 is 11.2. The van der Waals surface area contributed by atoms with Gasteiger partial charge in [-0.3, -0.25) is 0 Å². The van der Waals surface area contributed by atoms with Crippen molar-refractivity contribution in [1.82, 2.24) is 9.13 Å². The Morgan fingerprint density at radius 2 is 0.902 bits per heavy atom. The number of hydrogen-bond donors (Lipinski definition) is 0. The second-order valence-corrected chi connectivity index (χ2v) is 13.3. The molecular weight excluding hydrogens is 621 g/mol. The lowest BCUT2D eigenvalue weighted by Gasteiger charge is -2.10. The van der Waals surface area contributed by atoms with Crippen molar-refractivity contribution in [3.8, 4) is 33.6 Å². The predicted octanol–water partition coefficient (Wildman–Crippen LogP) is 13.1. The minimum absolute atomic E-state index is 0.915. The van der Waals surface area contributed by atoms with Crippen molar-refractivity contribution in [2.24, 2.45) is 0 Å². The Hall–Kier alpha value is -6.84. The van der Waals surface area contributed by atoms with Crippen LogP contribution in [0.25, 0.3) is 99.2 Å². The second kappa shape index (κ2) is 10.8. The van der Waals surface area contributed by atoms with Gasteiger partial charge in [-0.25, -0.2) is 0 Å². The van der Waals surface area contributed by atoms with Gasteiger partial charge in [0, 0.05) is 49.3 Å². The lowest BCUT2D eigenvalue weighted by Crippen LogP contribution is -1.95. The molecule has 0 spiro atoms. The number of hydrogen-bond acceptors (Lipinski definition) is 1. The summed E-state index contributed by atoms with van der Waals surface area (Å²) in [6.45, 7) is 0. The van der Waals surface area contributed by atoms with Crippen molar-refractivity contribution in [2.75, 3.05) is 0 Å². The van der Waals surface area contributed by atoms with Crippen LogP contribution in [-0.2, 0) is 0 Å². The fourth-order valence-corrected chi connectivity index (χ4v) is 8.28. The zero-order valence-electron chi connectivity index (χ0n) is 27.6. The minimum atomic E-state index is 0.915. The van der Waals surface area contributed by atoms with Gasteiger partial charge in [0.15, 0.2) is 0 Å². The van der Waals surface area contributed by atoms with Gasteiger partial charge in [-0.05, 0) is 77.4 Å². The van der Waals surface area contributed by atoms with Crippen molar-refractivity contribution >= 4 is 65.6 Å². The van der Waals surface area contributed by atoms with Crippen LogP contribution in [0.3, 0.4) is 0 Å². The van der Waals surface area contributed by atoms with Crippen molar-refractivity contribution in [3.63, 3.8) is 0 Å². The van der Waals surface area contributed by atoms with Crippen LogP contribution in [0.15, 0.2) is 186 Å². The number of fused-ring (bicyclic) bond motifs is 10. The van der Waals surface area contributed by atoms with Crippen LogP contribution in [-0.4, -0.2) is 9.13 Å². The van der Waals surface area contributed by atoms with E-state index in [2.05, 4.69) is 179 Å². The zero-order valence-corrected chi connectivity index (χ0v) is 27.6. The van der Waals surface area contributed by atoms with Crippen LogP contribution in [0.1, 0.15) is 0 Å². The van der Waals surface area contributed by atoms with E-state index in [0.717, 1.165) is 44.4 Å². The largest absolute Gasteiger partial charge is 0.455 e. The Morgan fingerprint density at radius 3 is 1.69 bits per heavy atom. The molecule has 0 aliphatic rings. The van der Waals surface area contributed by atoms with Crippen LogP contribution in [0.2, 0.25) is 0 Å². The highest BCUT2D eigenvalue weighted by Gasteiger charge is 2.21. The van der Waals surface area contributed by atoms with E-state index >= 15 is 0 Å². The summed E-state index contributed by atoms with van der Waals surface area (Å²) in [5.41, 5.74) is 13.6. The Labute approximate surface area is 293 Å². The Morgan fingerprint density at radius 1 is 0.333 bits per heavy atom. The van der Waals surface area contributed by atoms with Crippen molar-refractivity contribution in [3.05, 3.63) is 182 Å². The molecule has 3 heterocycles. The van der Waals surface area contributed by atoms with Gasteiger partial charge < -0.3 is 13.6 Å². The number of aromatic nitrogens is 2. The van der Waals surface area contributed by atoms with Crippen LogP contribution < -0.4 is 0 Å². The summed E-state index contributed by atoms with van der Waals surface area (Å²) in [6, 6.07) is 65.4. The van der Waals surface area contributed by atoms with Gasteiger partial charge in [0.1, 0.15) is 11.2 Å². The maximum absolute atomic E-state index is 6.40. The van der Waals surface area contributed by atoms with Crippen molar-refractivity contribution in [1.29, 1.82) is 0 Å². The maximum Gasteiger partial charge on any atom is 0.143 e. The summed E-state index contributed by atoms with van der Waals surface area (Å²) in [4.78, 5) is 0. The highest BCUT2D eigenvalue weighted by atomic mass is 16.3. The Bertz CT molecular complexity index is 3110. The number of benzene rings is 8. The molecule has 0 aliphatic heterocycles. The second-order valence-electron chi connectivity index (χ2n) is 13.3. The molecule has 0 bridgehead atoms. The van der Waals surface area contributed by atoms with Gasteiger partial charge in [0.25, 0.3) is 0 Å². The van der Waals surface area contributed by atoms with Crippen LogP contribution in [0, 0.1) is 0 Å². The average molecular weight is 651 g/mol. The quantitative estimate of drug-likeness (QED) is 0.186. The highest BCUT2D eigenvalue weighted by molar-refractivity contribution is 6.29. The molecule has 11 rings (SSSR count). The third-order valence-corrected chi connectivity index (χ3v) is 10.5. The molecule has 3 nitrogen and oxygen atoms in total. The first-order valence-electron chi connectivity index (χ1n) is 17.4. The first-order valence-corrected chi connectivity index (χ1v) is 17.4. The summed E-state index contributed by atoms with van der Waals surface area (Å²) >= 11 is 0. The molecule has 8 aromatic carbocycles. The molecule has 11 aromatic rings. The van der Waals surface area contributed by atoms with Gasteiger partial charge in [-0.15, -0.1) is 0 Å². The minimum Gasteiger partial charge on any atom is -0.455 e. The lowest BCUT2D eigenvalue weighted by molar-refractivity contribution is 0.670. The van der Waals surface area contributed by atoms with Crippen LogP contribution in [0.4, 0.5) is 0 Å². The molecule has 0 aliphatic carbocycles. The highest BCUT2D eigenvalue weighted by Crippen LogP contribution is 2.44. The fourth-order valence-electron chi connectivity index (χ4n) is 8.28. The molecule has 0 saturated heterocycles. The number of para-hydroxylation sites is 4. The van der Waals surface area contributed by atoms with Gasteiger partial charge in [-0.2, -0.15) is 0 Å². The smallest absolute Gasteiger partial charge is 0.143 e. The van der Waals surface area contributed by atoms with Crippen molar-refractivity contribution < 1.29 is 4.42 Å². The maximum atomic E-state index is 6.40. The molecule has 0 atom stereocenters. The molecule has 0 amide bonds. The topological polar surface area (TPSA) is 23.0 Å². The fraction of sp³-hybridized carbons (Fsp3) is 0. The molecule has 3 aromatic heterocycles. The van der Waals surface area contributed by atoms with E-state index in [1.165, 1.54) is 54.7 Å². The van der Waals surface area contributed by atoms with Crippen LogP contribution >= 0.6 is 0 Å². The molecular formula is C48H30N2O. The molecule has 0 fully saturated rings. The van der Waals surface area contributed by atoms with Crippen molar-refractivity contribution in [2.45, 2.75) is 0 Å². The van der Waals surface area contributed by atoms with E-state index in [1.54, 1.807) is 0 Å². The number of furan rings is 1. The van der Waals surface area contributed by atoms with E-state index in [9.17, 15) is 0 Å². The van der Waals surface area contributed by atoms with Gasteiger partial charge >= 0.3 is 0 Å². The summed E-state index contributed by atoms with van der Waals surface area (Å²) in [6.07, 6.45) is 0. The van der Waals surface area contributed by atoms with Gasteiger partial charge in [0.2, 0.25) is 0 Å². The number of rotatable bonds is 4.